The van der Waals surface area contributed by atoms with Crippen LogP contribution in [0.1, 0.15) is 29.4 Å². The normalized spacial score (nSPS) is 20.0. The average Bonchev–Trinajstić information content (AvgIpc) is 3.19. The summed E-state index contributed by atoms with van der Waals surface area (Å²) in [7, 11) is 1.62. The quantitative estimate of drug-likeness (QED) is 0.541. The maximum absolute atomic E-state index is 14.5. The minimum absolute atomic E-state index is 0.00109. The summed E-state index contributed by atoms with van der Waals surface area (Å²) in [6.45, 7) is 0.733. The molecule has 1 aliphatic rings. The molecule has 3 aromatic rings. The molecule has 1 fully saturated rings. The Morgan fingerprint density at radius 2 is 1.94 bits per heavy atom. The summed E-state index contributed by atoms with van der Waals surface area (Å²) in [4.78, 5) is 25.9. The predicted octanol–water partition coefficient (Wildman–Crippen LogP) is 3.89. The molecule has 0 unspecified atom stereocenters. The number of rotatable bonds is 5. The zero-order valence-corrected chi connectivity index (χ0v) is 18.8. The Hall–Kier alpha value is -3.64. The van der Waals surface area contributed by atoms with Crippen molar-refractivity contribution in [3.63, 3.8) is 0 Å². The van der Waals surface area contributed by atoms with Gasteiger partial charge < -0.3 is 10.2 Å². The summed E-state index contributed by atoms with van der Waals surface area (Å²) in [6.07, 6.45) is 0.949. The highest BCUT2D eigenvalue weighted by Gasteiger charge is 2.47. The highest BCUT2D eigenvalue weighted by atomic mass is 19.4. The minimum atomic E-state index is -4.58. The van der Waals surface area contributed by atoms with Gasteiger partial charge in [-0.15, -0.1) is 0 Å². The van der Waals surface area contributed by atoms with Crippen LogP contribution >= 0.6 is 0 Å². The fraction of sp³-hybridized carbons (Fsp3) is 0.409. The Balaban J connectivity index is 1.60. The lowest BCUT2D eigenvalue weighted by Crippen LogP contribution is -2.57. The number of nitrogens with one attached hydrogen (secondary N) is 1. The molecule has 8 nitrogen and oxygen atoms in total. The van der Waals surface area contributed by atoms with Crippen molar-refractivity contribution in [1.29, 1.82) is 0 Å². The topological polar surface area (TPSA) is 88.8 Å². The van der Waals surface area contributed by atoms with E-state index in [-0.39, 0.29) is 18.2 Å². The number of aryl methyl sites for hydroxylation is 1. The Kier molecular flexibility index (Phi) is 6.43. The van der Waals surface area contributed by atoms with Gasteiger partial charge in [-0.2, -0.15) is 18.3 Å². The maximum Gasteiger partial charge on any atom is 0.419 e. The number of likely N-dealkylation sites (tertiary alicyclic amines) is 1. The van der Waals surface area contributed by atoms with E-state index in [4.69, 9.17) is 0 Å². The van der Waals surface area contributed by atoms with Gasteiger partial charge in [-0.1, -0.05) is 13.0 Å². The Labute approximate surface area is 197 Å². The number of halogens is 5. The molecule has 35 heavy (non-hydrogen) atoms. The first-order valence-electron chi connectivity index (χ1n) is 10.7. The monoisotopic (exact) mass is 495 g/mol. The zero-order chi connectivity index (χ0) is 25.4. The van der Waals surface area contributed by atoms with Gasteiger partial charge >= 0.3 is 6.18 Å². The first kappa shape index (κ1) is 24.5. The van der Waals surface area contributed by atoms with Crippen molar-refractivity contribution < 1.29 is 26.7 Å². The number of anilines is 1. The van der Waals surface area contributed by atoms with Crippen LogP contribution in [0.15, 0.2) is 43.1 Å². The Morgan fingerprint density at radius 3 is 2.57 bits per heavy atom. The van der Waals surface area contributed by atoms with Crippen LogP contribution in [0.5, 0.6) is 0 Å². The molecule has 1 N–H and O–H groups in total. The summed E-state index contributed by atoms with van der Waals surface area (Å²) in [6, 6.07) is 2.71. The molecular formula is C22H22F5N7O. The number of hydrogen-bond acceptors (Lipinski definition) is 6. The Bertz CT molecular complexity index is 1180. The van der Waals surface area contributed by atoms with Gasteiger partial charge in [0.2, 0.25) is 5.95 Å². The summed E-state index contributed by atoms with van der Waals surface area (Å²) in [5.74, 6) is -4.53. The van der Waals surface area contributed by atoms with E-state index in [1.54, 1.807) is 44.7 Å². The van der Waals surface area contributed by atoms with E-state index in [0.717, 1.165) is 4.90 Å². The number of hydrogen-bond donors (Lipinski definition) is 1. The third-order valence-electron chi connectivity index (χ3n) is 5.79. The third kappa shape index (κ3) is 5.38. The maximum atomic E-state index is 14.5. The van der Waals surface area contributed by atoms with Crippen molar-refractivity contribution in [2.75, 3.05) is 18.4 Å². The minimum Gasteiger partial charge on any atom is -0.352 e. The smallest absolute Gasteiger partial charge is 0.352 e. The van der Waals surface area contributed by atoms with E-state index in [9.17, 15) is 26.7 Å². The van der Waals surface area contributed by atoms with Crippen LogP contribution < -0.4 is 5.32 Å². The largest absolute Gasteiger partial charge is 0.419 e. The number of carbonyl (C=O) groups is 1. The van der Waals surface area contributed by atoms with Crippen molar-refractivity contribution >= 4 is 11.9 Å². The molecule has 1 amide bonds. The van der Waals surface area contributed by atoms with Crippen molar-refractivity contribution in [2.45, 2.75) is 31.5 Å². The van der Waals surface area contributed by atoms with Crippen LogP contribution in [0.25, 0.3) is 11.1 Å². The van der Waals surface area contributed by atoms with Gasteiger partial charge in [-0.3, -0.25) is 14.5 Å². The first-order chi connectivity index (χ1) is 16.4. The first-order valence-corrected chi connectivity index (χ1v) is 10.7. The Morgan fingerprint density at radius 1 is 1.23 bits per heavy atom. The van der Waals surface area contributed by atoms with Crippen LogP contribution in [0.2, 0.25) is 0 Å². The standard InChI is InChI=1S/C22H22F5N7O/c1-13-6-21(23,24)12-34(17(13)10-31-20-29-8-15(9-30-20)22(25,26)27)19(35)18-16(11-33(2)32-18)14-4-3-5-28-7-14/h3-5,7-9,11,13,17H,6,10,12H2,1-2H3,(H,29,30,31)/t13-,17-/m1/s1. The second kappa shape index (κ2) is 9.19. The second-order valence-electron chi connectivity index (χ2n) is 8.52. The molecule has 3 aromatic heterocycles. The number of pyridine rings is 1. The lowest BCUT2D eigenvalue weighted by atomic mass is 9.88. The van der Waals surface area contributed by atoms with E-state index in [1.165, 1.54) is 4.68 Å². The fourth-order valence-electron chi connectivity index (χ4n) is 4.16. The summed E-state index contributed by atoms with van der Waals surface area (Å²) >= 11 is 0. The molecule has 186 valence electrons. The predicted molar refractivity (Wildman–Crippen MR) is 116 cm³/mol. The molecular weight excluding hydrogens is 473 g/mol. The van der Waals surface area contributed by atoms with E-state index in [2.05, 4.69) is 25.4 Å². The number of carbonyl (C=O) groups excluding carboxylic acids is 1. The molecule has 1 saturated heterocycles. The van der Waals surface area contributed by atoms with Crippen molar-refractivity contribution in [3.8, 4) is 11.1 Å². The van der Waals surface area contributed by atoms with Gasteiger partial charge in [0.05, 0.1) is 18.2 Å². The van der Waals surface area contributed by atoms with Gasteiger partial charge in [0, 0.05) is 62.1 Å². The van der Waals surface area contributed by atoms with Crippen molar-refractivity contribution in [1.82, 2.24) is 29.6 Å². The lowest BCUT2D eigenvalue weighted by Gasteiger charge is -2.43. The third-order valence-corrected chi connectivity index (χ3v) is 5.79. The second-order valence-corrected chi connectivity index (χ2v) is 8.52. The molecule has 2 atom stereocenters. The van der Waals surface area contributed by atoms with E-state index < -0.39 is 48.5 Å². The molecule has 0 aliphatic carbocycles. The molecule has 1 aliphatic heterocycles. The lowest BCUT2D eigenvalue weighted by molar-refractivity contribution is -0.138. The van der Waals surface area contributed by atoms with Gasteiger partial charge in [0.1, 0.15) is 0 Å². The highest BCUT2D eigenvalue weighted by molar-refractivity contribution is 5.99. The highest BCUT2D eigenvalue weighted by Crippen LogP contribution is 2.36. The number of alkyl halides is 5. The number of piperidine rings is 1. The summed E-state index contributed by atoms with van der Waals surface area (Å²) in [5, 5.41) is 7.00. The zero-order valence-electron chi connectivity index (χ0n) is 18.8. The average molecular weight is 495 g/mol. The van der Waals surface area contributed by atoms with E-state index >= 15 is 0 Å². The SMILES string of the molecule is C[C@@H]1CC(F)(F)CN(C(=O)c2nn(C)cc2-c2cccnc2)[C@@H]1CNc1ncc(C(F)(F)F)cn1. The van der Waals surface area contributed by atoms with Crippen molar-refractivity contribution in [3.05, 3.63) is 54.4 Å². The molecule has 0 spiro atoms. The van der Waals surface area contributed by atoms with E-state index in [1.807, 2.05) is 0 Å². The molecule has 0 saturated carbocycles. The molecule has 4 rings (SSSR count). The fourth-order valence-corrected chi connectivity index (χ4v) is 4.16. The van der Waals surface area contributed by atoms with Gasteiger partial charge in [0.25, 0.3) is 11.8 Å². The van der Waals surface area contributed by atoms with Gasteiger partial charge in [-0.25, -0.2) is 18.7 Å². The van der Waals surface area contributed by atoms with Crippen molar-refractivity contribution in [2.24, 2.45) is 13.0 Å². The molecule has 0 aromatic carbocycles. The molecule has 13 heteroatoms. The van der Waals surface area contributed by atoms with Gasteiger partial charge in [0.15, 0.2) is 5.69 Å². The molecule has 4 heterocycles. The van der Waals surface area contributed by atoms with Crippen LogP contribution in [0.4, 0.5) is 27.9 Å². The van der Waals surface area contributed by atoms with Gasteiger partial charge in [-0.05, 0) is 12.0 Å². The van der Waals surface area contributed by atoms with E-state index in [0.29, 0.717) is 23.5 Å². The number of amides is 1. The number of nitrogens with zero attached hydrogens (tertiary/aromatic N) is 6. The molecule has 0 radical (unpaired) electrons. The van der Waals surface area contributed by atoms with Crippen LogP contribution in [0, 0.1) is 5.92 Å². The van der Waals surface area contributed by atoms with Crippen LogP contribution in [-0.2, 0) is 13.2 Å². The van der Waals surface area contributed by atoms with Crippen LogP contribution in [0.3, 0.4) is 0 Å². The summed E-state index contributed by atoms with van der Waals surface area (Å²) < 4.78 is 68.7. The summed E-state index contributed by atoms with van der Waals surface area (Å²) in [5.41, 5.74) is 0.0447. The number of aromatic nitrogens is 5. The van der Waals surface area contributed by atoms with Crippen LogP contribution in [-0.4, -0.2) is 60.6 Å². The molecule has 0 bridgehead atoms.